The third-order valence-corrected chi connectivity index (χ3v) is 5.57. The van der Waals surface area contributed by atoms with Crippen LogP contribution in [0.3, 0.4) is 0 Å². The van der Waals surface area contributed by atoms with Crippen molar-refractivity contribution in [3.8, 4) is 11.3 Å². The minimum Gasteiger partial charge on any atom is -0.383 e. The Morgan fingerprint density at radius 2 is 1.94 bits per heavy atom. The molecular weight excluding hydrogens is 444 g/mol. The molecule has 0 unspecified atom stereocenters. The lowest BCUT2D eigenvalue weighted by atomic mass is 10.1. The Kier molecular flexibility index (Phi) is 6.18. The topological polar surface area (TPSA) is 131 Å². The van der Waals surface area contributed by atoms with Crippen LogP contribution in [-0.2, 0) is 9.53 Å². The number of nitrogen functional groups attached to an aromatic ring is 1. The van der Waals surface area contributed by atoms with Crippen LogP contribution in [0.2, 0.25) is 0 Å². The number of amides is 1. The first kappa shape index (κ1) is 22.2. The zero-order valence-corrected chi connectivity index (χ0v) is 18.9. The van der Waals surface area contributed by atoms with Crippen LogP contribution in [0.1, 0.15) is 0 Å². The standard InChI is InChI=1S/C25H24N8O2/c1-2-21(34)29-17-5-3-4-16(14-17)22-23-19(8-9-27-22)24(26)32-25(31-23)30-18-6-7-20(28-15-18)33-10-12-35-13-11-33/h2-9,14-15H,1,10-13H2,(H,29,34)(H3,26,30,31,32). The summed E-state index contributed by atoms with van der Waals surface area (Å²) in [5, 5.41) is 6.63. The highest BCUT2D eigenvalue weighted by Gasteiger charge is 2.14. The molecule has 35 heavy (non-hydrogen) atoms. The Hall–Kier alpha value is -4.57. The Balaban J connectivity index is 1.45. The second-order valence-corrected chi connectivity index (χ2v) is 7.89. The Bertz CT molecular complexity index is 1380. The van der Waals surface area contributed by atoms with E-state index in [0.717, 1.165) is 30.2 Å². The van der Waals surface area contributed by atoms with Crippen LogP contribution in [0.25, 0.3) is 22.2 Å². The number of morpholine rings is 1. The molecular formula is C25H24N8O2. The molecule has 1 saturated heterocycles. The van der Waals surface area contributed by atoms with E-state index in [9.17, 15) is 4.79 Å². The lowest BCUT2D eigenvalue weighted by Crippen LogP contribution is -2.36. The molecule has 1 aromatic carbocycles. The predicted molar refractivity (Wildman–Crippen MR) is 137 cm³/mol. The molecule has 10 nitrogen and oxygen atoms in total. The maximum absolute atomic E-state index is 11.7. The van der Waals surface area contributed by atoms with Crippen molar-refractivity contribution in [1.29, 1.82) is 0 Å². The Morgan fingerprint density at radius 1 is 1.09 bits per heavy atom. The SMILES string of the molecule is C=CC(=O)Nc1cccc(-c2nccc3c(N)nc(Nc4ccc(N5CCOCC5)nc4)nc23)c1. The van der Waals surface area contributed by atoms with Crippen LogP contribution >= 0.6 is 0 Å². The fourth-order valence-corrected chi connectivity index (χ4v) is 3.85. The van der Waals surface area contributed by atoms with E-state index in [-0.39, 0.29) is 5.91 Å². The summed E-state index contributed by atoms with van der Waals surface area (Å²) in [6.45, 7) is 6.52. The van der Waals surface area contributed by atoms with Gasteiger partial charge in [0.1, 0.15) is 17.2 Å². The average molecular weight is 469 g/mol. The van der Waals surface area contributed by atoms with Crippen LogP contribution in [-0.4, -0.2) is 52.1 Å². The number of ether oxygens (including phenoxy) is 1. The van der Waals surface area contributed by atoms with Gasteiger partial charge >= 0.3 is 0 Å². The fourth-order valence-electron chi connectivity index (χ4n) is 3.85. The van der Waals surface area contributed by atoms with Gasteiger partial charge in [-0.2, -0.15) is 4.98 Å². The molecule has 1 fully saturated rings. The number of benzene rings is 1. The number of hydrogen-bond donors (Lipinski definition) is 3. The third-order valence-electron chi connectivity index (χ3n) is 5.57. The maximum Gasteiger partial charge on any atom is 0.247 e. The normalized spacial score (nSPS) is 13.4. The smallest absolute Gasteiger partial charge is 0.247 e. The molecule has 0 spiro atoms. The van der Waals surface area contributed by atoms with Gasteiger partial charge in [-0.3, -0.25) is 9.78 Å². The molecule has 1 aliphatic rings. The molecule has 5 rings (SSSR count). The molecule has 0 aliphatic carbocycles. The van der Waals surface area contributed by atoms with E-state index in [0.29, 0.717) is 47.3 Å². The number of nitrogens with one attached hydrogen (secondary N) is 2. The third kappa shape index (κ3) is 4.87. The van der Waals surface area contributed by atoms with Crippen molar-refractivity contribution < 1.29 is 9.53 Å². The monoisotopic (exact) mass is 468 g/mol. The van der Waals surface area contributed by atoms with Gasteiger partial charge in [0, 0.05) is 35.9 Å². The Morgan fingerprint density at radius 3 is 2.71 bits per heavy atom. The second kappa shape index (κ2) is 9.74. The zero-order chi connectivity index (χ0) is 24.2. The van der Waals surface area contributed by atoms with Crippen molar-refractivity contribution in [1.82, 2.24) is 19.9 Å². The quantitative estimate of drug-likeness (QED) is 0.364. The van der Waals surface area contributed by atoms with Gasteiger partial charge in [-0.1, -0.05) is 18.7 Å². The van der Waals surface area contributed by atoms with E-state index in [1.165, 1.54) is 6.08 Å². The van der Waals surface area contributed by atoms with Crippen LogP contribution < -0.4 is 21.3 Å². The van der Waals surface area contributed by atoms with Gasteiger partial charge in [-0.25, -0.2) is 9.97 Å². The van der Waals surface area contributed by atoms with Crippen molar-refractivity contribution in [2.75, 3.05) is 47.6 Å². The van der Waals surface area contributed by atoms with E-state index in [1.807, 2.05) is 30.3 Å². The summed E-state index contributed by atoms with van der Waals surface area (Å²) in [4.78, 5) is 32.1. The molecule has 10 heteroatoms. The van der Waals surface area contributed by atoms with Gasteiger partial charge in [0.05, 0.1) is 30.8 Å². The summed E-state index contributed by atoms with van der Waals surface area (Å²) >= 11 is 0. The van der Waals surface area contributed by atoms with Gasteiger partial charge < -0.3 is 26.0 Å². The number of rotatable bonds is 6. The molecule has 176 valence electrons. The molecule has 0 bridgehead atoms. The molecule has 0 atom stereocenters. The lowest BCUT2D eigenvalue weighted by Gasteiger charge is -2.27. The fraction of sp³-hybridized carbons (Fsp3) is 0.160. The summed E-state index contributed by atoms with van der Waals surface area (Å²) < 4.78 is 5.40. The van der Waals surface area contributed by atoms with Crippen LogP contribution in [0.5, 0.6) is 0 Å². The van der Waals surface area contributed by atoms with E-state index in [4.69, 9.17) is 15.5 Å². The number of fused-ring (bicyclic) bond motifs is 1. The van der Waals surface area contributed by atoms with Crippen molar-refractivity contribution in [2.45, 2.75) is 0 Å². The first-order valence-corrected chi connectivity index (χ1v) is 11.1. The van der Waals surface area contributed by atoms with Gasteiger partial charge in [0.2, 0.25) is 11.9 Å². The number of carbonyl (C=O) groups is 1. The van der Waals surface area contributed by atoms with Gasteiger partial charge in [0.25, 0.3) is 0 Å². The summed E-state index contributed by atoms with van der Waals surface area (Å²) in [5.41, 5.74) is 9.62. The molecule has 4 N–H and O–H groups in total. The van der Waals surface area contributed by atoms with Crippen LogP contribution in [0.15, 0.2) is 67.5 Å². The van der Waals surface area contributed by atoms with Crippen molar-refractivity contribution in [3.63, 3.8) is 0 Å². The predicted octanol–water partition coefficient (Wildman–Crippen LogP) is 3.37. The van der Waals surface area contributed by atoms with Gasteiger partial charge in [0.15, 0.2) is 0 Å². The average Bonchev–Trinajstić information content (AvgIpc) is 2.89. The minimum atomic E-state index is -0.292. The number of nitrogens with zero attached hydrogens (tertiary/aromatic N) is 5. The first-order valence-electron chi connectivity index (χ1n) is 11.1. The molecule has 1 amide bonds. The molecule has 4 heterocycles. The maximum atomic E-state index is 11.7. The molecule has 0 radical (unpaired) electrons. The molecule has 1 aliphatic heterocycles. The number of anilines is 5. The van der Waals surface area contributed by atoms with Crippen molar-refractivity contribution in [3.05, 3.63) is 67.5 Å². The van der Waals surface area contributed by atoms with Crippen LogP contribution in [0, 0.1) is 0 Å². The number of hydrogen-bond acceptors (Lipinski definition) is 9. The zero-order valence-electron chi connectivity index (χ0n) is 18.9. The van der Waals surface area contributed by atoms with Gasteiger partial charge in [-0.15, -0.1) is 0 Å². The van der Waals surface area contributed by atoms with E-state index in [1.54, 1.807) is 24.5 Å². The highest BCUT2D eigenvalue weighted by atomic mass is 16.5. The largest absolute Gasteiger partial charge is 0.383 e. The first-order chi connectivity index (χ1) is 17.1. The van der Waals surface area contributed by atoms with Gasteiger partial charge in [-0.05, 0) is 36.4 Å². The summed E-state index contributed by atoms with van der Waals surface area (Å²) in [6.07, 6.45) is 4.62. The highest BCUT2D eigenvalue weighted by Crippen LogP contribution is 2.30. The number of aromatic nitrogens is 4. The minimum absolute atomic E-state index is 0.292. The Labute approximate surface area is 201 Å². The van der Waals surface area contributed by atoms with Crippen molar-refractivity contribution >= 4 is 45.8 Å². The highest BCUT2D eigenvalue weighted by molar-refractivity contribution is 6.00. The molecule has 3 aromatic heterocycles. The lowest BCUT2D eigenvalue weighted by molar-refractivity contribution is -0.111. The summed E-state index contributed by atoms with van der Waals surface area (Å²) in [5.74, 6) is 1.27. The number of pyridine rings is 2. The van der Waals surface area contributed by atoms with E-state index >= 15 is 0 Å². The van der Waals surface area contributed by atoms with E-state index < -0.39 is 0 Å². The number of nitrogens with two attached hydrogens (primary N) is 1. The van der Waals surface area contributed by atoms with Crippen LogP contribution in [0.4, 0.5) is 29.0 Å². The molecule has 0 saturated carbocycles. The second-order valence-electron chi connectivity index (χ2n) is 7.89. The molecule has 4 aromatic rings. The van der Waals surface area contributed by atoms with E-state index in [2.05, 4.69) is 37.1 Å². The summed E-state index contributed by atoms with van der Waals surface area (Å²) in [7, 11) is 0. The number of carbonyl (C=O) groups excluding carboxylic acids is 1. The summed E-state index contributed by atoms with van der Waals surface area (Å²) in [6, 6.07) is 13.0. The van der Waals surface area contributed by atoms with Crippen molar-refractivity contribution in [2.24, 2.45) is 0 Å².